The van der Waals surface area contributed by atoms with E-state index in [0.29, 0.717) is 5.75 Å². The number of phenolic OH excluding ortho intramolecular Hbond substituents is 1. The van der Waals surface area contributed by atoms with Gasteiger partial charge >= 0.3 is 0 Å². The van der Waals surface area contributed by atoms with E-state index in [9.17, 15) is 5.11 Å². The molecule has 0 aliphatic rings. The van der Waals surface area contributed by atoms with Gasteiger partial charge in [-0.25, -0.2) is 4.98 Å². The summed E-state index contributed by atoms with van der Waals surface area (Å²) in [7, 11) is 0. The van der Waals surface area contributed by atoms with E-state index in [4.69, 9.17) is 0 Å². The van der Waals surface area contributed by atoms with Crippen LogP contribution in [-0.4, -0.2) is 10.1 Å². The summed E-state index contributed by atoms with van der Waals surface area (Å²) in [6, 6.07) is 11.3. The topological polar surface area (TPSA) is 45.2 Å². The Morgan fingerprint density at radius 2 is 2.06 bits per heavy atom. The Morgan fingerprint density at radius 1 is 1.28 bits per heavy atom. The standard InChI is InChI=1S/C14H15BrN2O/c1-2-11(10-6-3-4-8-13(10)18)17-12-7-5-9-16-14(12)15/h3-9,11,17-18H,2H2,1H3. The molecule has 2 N–H and O–H groups in total. The minimum Gasteiger partial charge on any atom is -0.508 e. The van der Waals surface area contributed by atoms with Gasteiger partial charge in [0.2, 0.25) is 0 Å². The van der Waals surface area contributed by atoms with Crippen molar-refractivity contribution in [1.29, 1.82) is 0 Å². The van der Waals surface area contributed by atoms with Crippen molar-refractivity contribution in [2.45, 2.75) is 19.4 Å². The molecule has 2 aromatic rings. The van der Waals surface area contributed by atoms with Gasteiger partial charge in [-0.1, -0.05) is 25.1 Å². The number of rotatable bonds is 4. The summed E-state index contributed by atoms with van der Waals surface area (Å²) in [5.74, 6) is 0.317. The summed E-state index contributed by atoms with van der Waals surface area (Å²) in [4.78, 5) is 4.17. The second-order valence-corrected chi connectivity index (χ2v) is 4.76. The number of hydrogen-bond acceptors (Lipinski definition) is 3. The molecule has 0 bridgehead atoms. The third-order valence-corrected chi connectivity index (χ3v) is 3.44. The number of halogens is 1. The smallest absolute Gasteiger partial charge is 0.129 e. The maximum Gasteiger partial charge on any atom is 0.129 e. The van der Waals surface area contributed by atoms with Crippen LogP contribution in [0.5, 0.6) is 5.75 Å². The van der Waals surface area contributed by atoms with Crippen LogP contribution in [-0.2, 0) is 0 Å². The fourth-order valence-electron chi connectivity index (χ4n) is 1.86. The average molecular weight is 307 g/mol. The molecule has 4 heteroatoms. The van der Waals surface area contributed by atoms with Crippen LogP contribution in [0.2, 0.25) is 0 Å². The lowest BCUT2D eigenvalue weighted by Crippen LogP contribution is -2.10. The molecule has 0 radical (unpaired) electrons. The highest BCUT2D eigenvalue weighted by Crippen LogP contribution is 2.30. The Hall–Kier alpha value is -1.55. The number of anilines is 1. The highest BCUT2D eigenvalue weighted by Gasteiger charge is 2.14. The van der Waals surface area contributed by atoms with Gasteiger partial charge in [-0.05, 0) is 40.5 Å². The van der Waals surface area contributed by atoms with Crippen LogP contribution >= 0.6 is 15.9 Å². The van der Waals surface area contributed by atoms with E-state index >= 15 is 0 Å². The van der Waals surface area contributed by atoms with Crippen molar-refractivity contribution in [2.75, 3.05) is 5.32 Å². The summed E-state index contributed by atoms with van der Waals surface area (Å²) < 4.78 is 0.777. The van der Waals surface area contributed by atoms with Crippen LogP contribution in [0, 0.1) is 0 Å². The summed E-state index contributed by atoms with van der Waals surface area (Å²) in [5.41, 5.74) is 1.82. The lowest BCUT2D eigenvalue weighted by Gasteiger charge is -2.20. The number of nitrogens with one attached hydrogen (secondary N) is 1. The van der Waals surface area contributed by atoms with Gasteiger partial charge in [0.1, 0.15) is 10.4 Å². The molecule has 0 saturated heterocycles. The third-order valence-electron chi connectivity index (χ3n) is 2.81. The van der Waals surface area contributed by atoms with Gasteiger partial charge in [-0.3, -0.25) is 0 Å². The quantitative estimate of drug-likeness (QED) is 0.835. The molecule has 2 rings (SSSR count). The first kappa shape index (κ1) is 12.9. The van der Waals surface area contributed by atoms with Crippen molar-refractivity contribution < 1.29 is 5.11 Å². The van der Waals surface area contributed by atoms with Crippen LogP contribution in [0.15, 0.2) is 47.2 Å². The van der Waals surface area contributed by atoms with E-state index in [0.717, 1.165) is 22.3 Å². The van der Waals surface area contributed by atoms with E-state index in [1.807, 2.05) is 30.3 Å². The largest absolute Gasteiger partial charge is 0.508 e. The van der Waals surface area contributed by atoms with Crippen LogP contribution in [0.1, 0.15) is 24.9 Å². The molecule has 0 aliphatic heterocycles. The van der Waals surface area contributed by atoms with E-state index in [2.05, 4.69) is 33.2 Å². The molecule has 1 unspecified atom stereocenters. The van der Waals surface area contributed by atoms with Crippen molar-refractivity contribution in [3.8, 4) is 5.75 Å². The number of aromatic nitrogens is 1. The molecule has 0 spiro atoms. The SMILES string of the molecule is CCC(Nc1cccnc1Br)c1ccccc1O. The van der Waals surface area contributed by atoms with Crippen molar-refractivity contribution in [3.63, 3.8) is 0 Å². The van der Waals surface area contributed by atoms with Crippen molar-refractivity contribution >= 4 is 21.6 Å². The number of benzene rings is 1. The minimum atomic E-state index is 0.0618. The maximum absolute atomic E-state index is 9.89. The molecule has 18 heavy (non-hydrogen) atoms. The summed E-state index contributed by atoms with van der Waals surface area (Å²) >= 11 is 3.41. The lowest BCUT2D eigenvalue weighted by atomic mass is 10.0. The zero-order chi connectivity index (χ0) is 13.0. The average Bonchev–Trinajstić information content (AvgIpc) is 2.39. The predicted octanol–water partition coefficient (Wildman–Crippen LogP) is 4.11. The number of aromatic hydroxyl groups is 1. The second-order valence-electron chi connectivity index (χ2n) is 4.01. The molecule has 1 aromatic heterocycles. The molecule has 0 aliphatic carbocycles. The number of hydrogen-bond donors (Lipinski definition) is 2. The van der Waals surface area contributed by atoms with Gasteiger partial charge in [0.15, 0.2) is 0 Å². The zero-order valence-corrected chi connectivity index (χ0v) is 11.7. The van der Waals surface area contributed by atoms with Gasteiger partial charge in [-0.15, -0.1) is 0 Å². The van der Waals surface area contributed by atoms with Gasteiger partial charge in [0.05, 0.1) is 11.7 Å². The lowest BCUT2D eigenvalue weighted by molar-refractivity contribution is 0.462. The predicted molar refractivity (Wildman–Crippen MR) is 76.7 cm³/mol. The molecular weight excluding hydrogens is 292 g/mol. The molecule has 3 nitrogen and oxygen atoms in total. The highest BCUT2D eigenvalue weighted by molar-refractivity contribution is 9.10. The molecule has 0 amide bonds. The monoisotopic (exact) mass is 306 g/mol. The second kappa shape index (κ2) is 5.87. The highest BCUT2D eigenvalue weighted by atomic mass is 79.9. The maximum atomic E-state index is 9.89. The Labute approximate surface area is 115 Å². The Kier molecular flexibility index (Phi) is 4.20. The van der Waals surface area contributed by atoms with E-state index in [-0.39, 0.29) is 6.04 Å². The van der Waals surface area contributed by atoms with Crippen LogP contribution in [0.4, 0.5) is 5.69 Å². The molecule has 94 valence electrons. The summed E-state index contributed by atoms with van der Waals surface area (Å²) in [6.07, 6.45) is 2.61. The van der Waals surface area contributed by atoms with E-state index < -0.39 is 0 Å². The Balaban J connectivity index is 2.26. The summed E-state index contributed by atoms with van der Waals surface area (Å²) in [5, 5.41) is 13.3. The van der Waals surface area contributed by atoms with E-state index in [1.54, 1.807) is 12.3 Å². The van der Waals surface area contributed by atoms with Crippen LogP contribution in [0.25, 0.3) is 0 Å². The first-order valence-electron chi connectivity index (χ1n) is 5.87. The number of nitrogens with zero attached hydrogens (tertiary/aromatic N) is 1. The van der Waals surface area contributed by atoms with E-state index in [1.165, 1.54) is 0 Å². The number of pyridine rings is 1. The van der Waals surface area contributed by atoms with Crippen molar-refractivity contribution in [1.82, 2.24) is 4.98 Å². The fraction of sp³-hybridized carbons (Fsp3) is 0.214. The third kappa shape index (κ3) is 2.82. The fourth-order valence-corrected chi connectivity index (χ4v) is 2.23. The first-order valence-corrected chi connectivity index (χ1v) is 6.66. The number of para-hydroxylation sites is 1. The summed E-state index contributed by atoms with van der Waals surface area (Å²) in [6.45, 7) is 2.08. The van der Waals surface area contributed by atoms with Gasteiger partial charge in [-0.2, -0.15) is 0 Å². The zero-order valence-electron chi connectivity index (χ0n) is 10.1. The number of phenols is 1. The minimum absolute atomic E-state index is 0.0618. The van der Waals surface area contributed by atoms with Gasteiger partial charge < -0.3 is 10.4 Å². The molecule has 0 fully saturated rings. The molecule has 1 atom stereocenters. The molecule has 0 saturated carbocycles. The van der Waals surface area contributed by atoms with Crippen LogP contribution < -0.4 is 5.32 Å². The first-order chi connectivity index (χ1) is 8.72. The normalized spacial score (nSPS) is 12.1. The van der Waals surface area contributed by atoms with Gasteiger partial charge in [0.25, 0.3) is 0 Å². The van der Waals surface area contributed by atoms with Crippen LogP contribution in [0.3, 0.4) is 0 Å². The molecule has 1 aromatic carbocycles. The van der Waals surface area contributed by atoms with Crippen molar-refractivity contribution in [2.24, 2.45) is 0 Å². The van der Waals surface area contributed by atoms with Gasteiger partial charge in [0, 0.05) is 11.8 Å². The van der Waals surface area contributed by atoms with Crippen molar-refractivity contribution in [3.05, 3.63) is 52.8 Å². The molecular formula is C14H15BrN2O. The Morgan fingerprint density at radius 3 is 2.72 bits per heavy atom. The molecule has 1 heterocycles. The Bertz CT molecular complexity index is 531.